The Morgan fingerprint density at radius 2 is 1.96 bits per heavy atom. The lowest BCUT2D eigenvalue weighted by Crippen LogP contribution is -2.08. The van der Waals surface area contributed by atoms with E-state index in [0.29, 0.717) is 4.70 Å². The predicted molar refractivity (Wildman–Crippen MR) is 79.8 cm³/mol. The fraction of sp³-hybridized carbons (Fsp3) is 0. The van der Waals surface area contributed by atoms with Gasteiger partial charge in [0, 0.05) is 22.2 Å². The van der Waals surface area contributed by atoms with Crippen molar-refractivity contribution in [1.82, 2.24) is 0 Å². The minimum absolute atomic E-state index is 0.0589. The standard InChI is InChI=1S/C15H7F2NO4S/c16-8-4-5-11(18(20)21)12(6-8)22-15(19)14-7-9-10(17)2-1-3-13(9)23-14/h1-7H. The second kappa shape index (κ2) is 5.73. The molecule has 0 fully saturated rings. The number of thiophene rings is 1. The third kappa shape index (κ3) is 2.88. The zero-order valence-electron chi connectivity index (χ0n) is 11.3. The van der Waals surface area contributed by atoms with Gasteiger partial charge in [0.05, 0.1) is 4.92 Å². The van der Waals surface area contributed by atoms with Gasteiger partial charge >= 0.3 is 11.7 Å². The molecule has 5 nitrogen and oxygen atoms in total. The Morgan fingerprint density at radius 1 is 1.17 bits per heavy atom. The number of carbonyl (C=O) groups is 1. The van der Waals surface area contributed by atoms with Crippen LogP contribution in [-0.4, -0.2) is 10.9 Å². The molecule has 0 aliphatic rings. The average Bonchev–Trinajstić information content (AvgIpc) is 2.92. The van der Waals surface area contributed by atoms with E-state index in [1.165, 1.54) is 18.2 Å². The number of hydrogen-bond acceptors (Lipinski definition) is 5. The van der Waals surface area contributed by atoms with Crippen LogP contribution in [0.15, 0.2) is 42.5 Å². The Kier molecular flexibility index (Phi) is 3.75. The highest BCUT2D eigenvalue weighted by atomic mass is 32.1. The molecule has 23 heavy (non-hydrogen) atoms. The summed E-state index contributed by atoms with van der Waals surface area (Å²) < 4.78 is 32.3. The van der Waals surface area contributed by atoms with Crippen LogP contribution >= 0.6 is 11.3 Å². The number of rotatable bonds is 3. The quantitative estimate of drug-likeness (QED) is 0.309. The highest BCUT2D eigenvalue weighted by Crippen LogP contribution is 2.31. The number of nitro benzene ring substituents is 1. The van der Waals surface area contributed by atoms with E-state index >= 15 is 0 Å². The molecule has 0 amide bonds. The van der Waals surface area contributed by atoms with E-state index in [9.17, 15) is 23.7 Å². The van der Waals surface area contributed by atoms with Crippen molar-refractivity contribution in [2.45, 2.75) is 0 Å². The normalized spacial score (nSPS) is 10.7. The van der Waals surface area contributed by atoms with Crippen LogP contribution in [-0.2, 0) is 0 Å². The number of fused-ring (bicyclic) bond motifs is 1. The lowest BCUT2D eigenvalue weighted by atomic mass is 10.2. The Morgan fingerprint density at radius 3 is 2.65 bits per heavy atom. The van der Waals surface area contributed by atoms with Gasteiger partial charge in [-0.2, -0.15) is 0 Å². The van der Waals surface area contributed by atoms with Crippen LogP contribution in [0, 0.1) is 21.7 Å². The van der Waals surface area contributed by atoms with Gasteiger partial charge in [0.2, 0.25) is 5.75 Å². The third-order valence-electron chi connectivity index (χ3n) is 3.03. The summed E-state index contributed by atoms with van der Waals surface area (Å²) in [7, 11) is 0. The van der Waals surface area contributed by atoms with Gasteiger partial charge in [-0.25, -0.2) is 13.6 Å². The van der Waals surface area contributed by atoms with Crippen LogP contribution in [0.2, 0.25) is 0 Å². The zero-order chi connectivity index (χ0) is 16.6. The van der Waals surface area contributed by atoms with Gasteiger partial charge in [-0.05, 0) is 24.3 Å². The van der Waals surface area contributed by atoms with Crippen LogP contribution in [0.1, 0.15) is 9.67 Å². The van der Waals surface area contributed by atoms with Crippen molar-refractivity contribution in [2.24, 2.45) is 0 Å². The average molecular weight is 335 g/mol. The first-order valence-corrected chi connectivity index (χ1v) is 7.11. The maximum Gasteiger partial charge on any atom is 0.353 e. The van der Waals surface area contributed by atoms with E-state index in [0.717, 1.165) is 29.5 Å². The summed E-state index contributed by atoms with van der Waals surface area (Å²) in [5.41, 5.74) is -0.535. The Hall–Kier alpha value is -2.87. The van der Waals surface area contributed by atoms with E-state index < -0.39 is 34.0 Å². The highest BCUT2D eigenvalue weighted by Gasteiger charge is 2.21. The number of carbonyl (C=O) groups excluding carboxylic acids is 1. The molecule has 0 aliphatic heterocycles. The molecule has 0 saturated carbocycles. The number of nitrogens with zero attached hydrogens (tertiary/aromatic N) is 1. The van der Waals surface area contributed by atoms with Gasteiger partial charge in [-0.1, -0.05) is 6.07 Å². The van der Waals surface area contributed by atoms with E-state index in [1.54, 1.807) is 6.07 Å². The lowest BCUT2D eigenvalue weighted by molar-refractivity contribution is -0.385. The van der Waals surface area contributed by atoms with Crippen molar-refractivity contribution < 1.29 is 23.2 Å². The van der Waals surface area contributed by atoms with Crippen molar-refractivity contribution in [3.05, 3.63) is 69.1 Å². The first kappa shape index (κ1) is 15.0. The molecule has 0 unspecified atom stereocenters. The van der Waals surface area contributed by atoms with Crippen LogP contribution in [0.3, 0.4) is 0 Å². The molecule has 0 spiro atoms. The van der Waals surface area contributed by atoms with Gasteiger partial charge < -0.3 is 4.74 Å². The van der Waals surface area contributed by atoms with E-state index in [4.69, 9.17) is 4.74 Å². The molecule has 8 heteroatoms. The Bertz CT molecular complexity index is 938. The molecule has 0 saturated heterocycles. The molecule has 0 atom stereocenters. The zero-order valence-corrected chi connectivity index (χ0v) is 12.1. The lowest BCUT2D eigenvalue weighted by Gasteiger charge is -2.03. The van der Waals surface area contributed by atoms with E-state index in [2.05, 4.69) is 0 Å². The summed E-state index contributed by atoms with van der Waals surface area (Å²) in [6, 6.07) is 8.23. The molecule has 0 N–H and O–H groups in total. The molecule has 116 valence electrons. The summed E-state index contributed by atoms with van der Waals surface area (Å²) in [5.74, 6) is -2.69. The Labute approximate surface area is 131 Å². The van der Waals surface area contributed by atoms with Crippen molar-refractivity contribution in [1.29, 1.82) is 0 Å². The molecule has 1 aromatic heterocycles. The second-order valence-electron chi connectivity index (χ2n) is 4.52. The summed E-state index contributed by atoms with van der Waals surface area (Å²) in [5, 5.41) is 11.1. The SMILES string of the molecule is O=C(Oc1cc(F)ccc1[N+](=O)[O-])c1cc2c(F)cccc2s1. The number of benzene rings is 2. The third-order valence-corrected chi connectivity index (χ3v) is 4.11. The molecular weight excluding hydrogens is 328 g/mol. The van der Waals surface area contributed by atoms with E-state index in [1.807, 2.05) is 0 Å². The van der Waals surface area contributed by atoms with Crippen molar-refractivity contribution in [3.8, 4) is 5.75 Å². The number of hydrogen-bond donors (Lipinski definition) is 0. The highest BCUT2D eigenvalue weighted by molar-refractivity contribution is 7.20. The predicted octanol–water partition coefficient (Wildman–Crippen LogP) is 4.31. The van der Waals surface area contributed by atoms with Crippen LogP contribution in [0.4, 0.5) is 14.5 Å². The van der Waals surface area contributed by atoms with Gasteiger partial charge in [-0.15, -0.1) is 11.3 Å². The molecule has 0 aliphatic carbocycles. The summed E-state index contributed by atoms with van der Waals surface area (Å²) in [4.78, 5) is 22.3. The van der Waals surface area contributed by atoms with Crippen molar-refractivity contribution in [2.75, 3.05) is 0 Å². The Balaban J connectivity index is 1.96. The minimum Gasteiger partial charge on any atom is -0.415 e. The van der Waals surface area contributed by atoms with Crippen molar-refractivity contribution in [3.63, 3.8) is 0 Å². The van der Waals surface area contributed by atoms with Crippen molar-refractivity contribution >= 4 is 33.1 Å². The van der Waals surface area contributed by atoms with Crippen LogP contribution in [0.25, 0.3) is 10.1 Å². The molecule has 0 bridgehead atoms. The first-order chi connectivity index (χ1) is 11.0. The van der Waals surface area contributed by atoms with Crippen LogP contribution in [0.5, 0.6) is 5.75 Å². The maximum absolute atomic E-state index is 13.6. The summed E-state index contributed by atoms with van der Waals surface area (Å²) >= 11 is 0.979. The fourth-order valence-electron chi connectivity index (χ4n) is 2.00. The van der Waals surface area contributed by atoms with E-state index in [-0.39, 0.29) is 10.3 Å². The summed E-state index contributed by atoms with van der Waals surface area (Å²) in [6.45, 7) is 0. The topological polar surface area (TPSA) is 69.4 Å². The fourth-order valence-corrected chi connectivity index (χ4v) is 2.95. The van der Waals surface area contributed by atoms with Crippen LogP contribution < -0.4 is 4.74 Å². The maximum atomic E-state index is 13.6. The summed E-state index contributed by atoms with van der Waals surface area (Å²) in [6.07, 6.45) is 0. The molecule has 3 aromatic rings. The van der Waals surface area contributed by atoms with Gasteiger partial charge in [0.15, 0.2) is 0 Å². The van der Waals surface area contributed by atoms with Gasteiger partial charge in [-0.3, -0.25) is 10.1 Å². The van der Waals surface area contributed by atoms with Gasteiger partial charge in [0.1, 0.15) is 16.5 Å². The molecule has 3 rings (SSSR count). The monoisotopic (exact) mass is 335 g/mol. The second-order valence-corrected chi connectivity index (χ2v) is 5.60. The number of esters is 1. The number of nitro groups is 1. The molecular formula is C15H7F2NO4S. The smallest absolute Gasteiger partial charge is 0.353 e. The molecule has 0 radical (unpaired) electrons. The van der Waals surface area contributed by atoms with Gasteiger partial charge in [0.25, 0.3) is 0 Å². The largest absolute Gasteiger partial charge is 0.415 e. The number of ether oxygens (including phenoxy) is 1. The first-order valence-electron chi connectivity index (χ1n) is 6.30. The molecule has 2 aromatic carbocycles. The molecule has 1 heterocycles. The minimum atomic E-state index is -0.917. The number of halogens is 2.